The highest BCUT2D eigenvalue weighted by Gasteiger charge is 2.36. The van der Waals surface area contributed by atoms with Gasteiger partial charge in [0.2, 0.25) is 0 Å². The highest BCUT2D eigenvalue weighted by Crippen LogP contribution is 2.59. The second-order valence-corrected chi connectivity index (χ2v) is 7.31. The molecule has 2 aromatic carbocycles. The van der Waals surface area contributed by atoms with Crippen LogP contribution in [0.2, 0.25) is 0 Å². The molecule has 0 saturated heterocycles. The molecule has 0 aliphatic heterocycles. The van der Waals surface area contributed by atoms with Crippen molar-refractivity contribution in [3.8, 4) is 0 Å². The fourth-order valence-electron chi connectivity index (χ4n) is 2.41. The minimum atomic E-state index is -3.44. The van der Waals surface area contributed by atoms with Gasteiger partial charge in [-0.3, -0.25) is 9.88 Å². The molecule has 2 rings (SSSR count). The van der Waals surface area contributed by atoms with Gasteiger partial charge in [0, 0.05) is 6.54 Å². The van der Waals surface area contributed by atoms with E-state index in [9.17, 15) is 8.96 Å². The molecule has 0 bridgehead atoms. The average Bonchev–Trinajstić information content (AvgIpc) is 2.58. The topological polar surface area (TPSA) is 47.6 Å². The van der Waals surface area contributed by atoms with Crippen LogP contribution in [0.1, 0.15) is 30.8 Å². The van der Waals surface area contributed by atoms with Crippen molar-refractivity contribution in [2.75, 3.05) is 13.2 Å². The number of nitrogens with one attached hydrogen (secondary N) is 1. The molecule has 0 spiro atoms. The van der Waals surface area contributed by atoms with Crippen LogP contribution in [0.3, 0.4) is 0 Å². The Labute approximate surface area is 142 Å². The summed E-state index contributed by atoms with van der Waals surface area (Å²) in [5, 5.41) is 3.25. The van der Waals surface area contributed by atoms with Gasteiger partial charge in [-0.05, 0) is 37.1 Å². The lowest BCUT2D eigenvalue weighted by Gasteiger charge is -2.27. The zero-order valence-electron chi connectivity index (χ0n) is 13.9. The van der Waals surface area contributed by atoms with E-state index < -0.39 is 13.4 Å². The lowest BCUT2D eigenvalue weighted by molar-refractivity contribution is 0.207. The summed E-state index contributed by atoms with van der Waals surface area (Å²) in [5.74, 6) is -1.01. The predicted molar refractivity (Wildman–Crippen MR) is 93.3 cm³/mol. The smallest absolute Gasteiger partial charge is 0.308 e. The second kappa shape index (κ2) is 9.09. The Kier molecular flexibility index (Phi) is 7.13. The fraction of sp³-hybridized carbons (Fsp3) is 0.333. The van der Waals surface area contributed by atoms with E-state index in [2.05, 4.69) is 5.32 Å². The number of benzene rings is 2. The van der Waals surface area contributed by atoms with Gasteiger partial charge in [-0.25, -0.2) is 4.39 Å². The number of halogens is 1. The Bertz CT molecular complexity index is 654. The maximum Gasteiger partial charge on any atom is 0.351 e. The third-order valence-corrected chi connectivity index (χ3v) is 5.81. The van der Waals surface area contributed by atoms with E-state index in [1.165, 1.54) is 12.1 Å². The largest absolute Gasteiger partial charge is 0.351 e. The molecule has 0 aromatic heterocycles. The Hall–Kier alpha value is -1.52. The van der Waals surface area contributed by atoms with Crippen molar-refractivity contribution in [3.05, 3.63) is 71.5 Å². The van der Waals surface area contributed by atoms with Crippen LogP contribution in [-0.4, -0.2) is 13.2 Å². The molecular weight excluding hydrogens is 328 g/mol. The lowest BCUT2D eigenvalue weighted by atomic mass is 10.2. The Balaban J connectivity index is 2.29. The molecule has 0 fully saturated rings. The van der Waals surface area contributed by atoms with E-state index in [0.29, 0.717) is 12.1 Å². The Morgan fingerprint density at radius 1 is 1.00 bits per heavy atom. The minimum absolute atomic E-state index is 0.266. The first-order valence-electron chi connectivity index (χ1n) is 8.00. The van der Waals surface area contributed by atoms with Crippen molar-refractivity contribution in [1.82, 2.24) is 5.32 Å². The molecule has 1 unspecified atom stereocenters. The van der Waals surface area contributed by atoms with Gasteiger partial charge in [0.1, 0.15) is 11.6 Å². The van der Waals surface area contributed by atoms with Gasteiger partial charge in [0.15, 0.2) is 0 Å². The molecule has 24 heavy (non-hydrogen) atoms. The minimum Gasteiger partial charge on any atom is -0.308 e. The highest BCUT2D eigenvalue weighted by atomic mass is 31.2. The van der Waals surface area contributed by atoms with Gasteiger partial charge >= 0.3 is 7.60 Å². The SMILES string of the molecule is CCOP(=O)(OCC)C(NCc1ccccc1)c1ccc(F)cc1. The quantitative estimate of drug-likeness (QED) is 0.654. The molecule has 0 heterocycles. The van der Waals surface area contributed by atoms with Crippen LogP contribution in [-0.2, 0) is 20.2 Å². The van der Waals surface area contributed by atoms with E-state index >= 15 is 0 Å². The molecule has 4 nitrogen and oxygen atoms in total. The van der Waals surface area contributed by atoms with Crippen LogP contribution in [0, 0.1) is 5.82 Å². The van der Waals surface area contributed by atoms with E-state index in [1.54, 1.807) is 26.0 Å². The maximum atomic E-state index is 13.2. The molecule has 1 N–H and O–H groups in total. The van der Waals surface area contributed by atoms with Crippen molar-refractivity contribution in [3.63, 3.8) is 0 Å². The van der Waals surface area contributed by atoms with Crippen molar-refractivity contribution < 1.29 is 18.0 Å². The van der Waals surface area contributed by atoms with Crippen LogP contribution in [0.15, 0.2) is 54.6 Å². The van der Waals surface area contributed by atoms with Crippen molar-refractivity contribution in [2.45, 2.75) is 26.2 Å². The summed E-state index contributed by atoms with van der Waals surface area (Å²) < 4.78 is 37.4. The summed E-state index contributed by atoms with van der Waals surface area (Å²) in [6.07, 6.45) is 0. The molecule has 0 amide bonds. The molecule has 0 aliphatic rings. The Morgan fingerprint density at radius 2 is 1.58 bits per heavy atom. The molecule has 2 aromatic rings. The molecule has 130 valence electrons. The van der Waals surface area contributed by atoms with Gasteiger partial charge in [-0.2, -0.15) is 0 Å². The fourth-order valence-corrected chi connectivity index (χ4v) is 4.36. The first kappa shape index (κ1) is 18.8. The summed E-state index contributed by atoms with van der Waals surface area (Å²) in [5.41, 5.74) is 1.71. The third-order valence-electron chi connectivity index (χ3n) is 3.46. The molecule has 0 radical (unpaired) electrons. The average molecular weight is 351 g/mol. The summed E-state index contributed by atoms with van der Waals surface area (Å²) in [7, 11) is -3.44. The summed E-state index contributed by atoms with van der Waals surface area (Å²) in [4.78, 5) is 0. The van der Waals surface area contributed by atoms with Gasteiger partial charge < -0.3 is 9.05 Å². The zero-order valence-corrected chi connectivity index (χ0v) is 14.8. The standard InChI is InChI=1S/C18H23FNO3P/c1-3-22-24(21,23-4-2)18(16-10-12-17(19)13-11-16)20-14-15-8-6-5-7-9-15/h5-13,18,20H,3-4,14H2,1-2H3. The number of hydrogen-bond donors (Lipinski definition) is 1. The van der Waals surface area contributed by atoms with Crippen molar-refractivity contribution in [2.24, 2.45) is 0 Å². The van der Waals surface area contributed by atoms with Crippen LogP contribution in [0.4, 0.5) is 4.39 Å². The van der Waals surface area contributed by atoms with E-state index in [-0.39, 0.29) is 19.0 Å². The van der Waals surface area contributed by atoms with Crippen LogP contribution in [0.5, 0.6) is 0 Å². The van der Waals surface area contributed by atoms with Gasteiger partial charge in [0.25, 0.3) is 0 Å². The van der Waals surface area contributed by atoms with Crippen molar-refractivity contribution >= 4 is 7.60 Å². The molecule has 6 heteroatoms. The summed E-state index contributed by atoms with van der Waals surface area (Å²) >= 11 is 0. The van der Waals surface area contributed by atoms with Gasteiger partial charge in [-0.1, -0.05) is 42.5 Å². The van der Waals surface area contributed by atoms with Gasteiger partial charge in [0.05, 0.1) is 13.2 Å². The normalized spacial score (nSPS) is 13.0. The van der Waals surface area contributed by atoms with Crippen molar-refractivity contribution in [1.29, 1.82) is 0 Å². The Morgan fingerprint density at radius 3 is 2.12 bits per heavy atom. The van der Waals surface area contributed by atoms with Crippen LogP contribution < -0.4 is 5.32 Å². The lowest BCUT2D eigenvalue weighted by Crippen LogP contribution is -2.23. The molecule has 0 saturated carbocycles. The summed E-state index contributed by atoms with van der Waals surface area (Å²) in [6, 6.07) is 15.6. The van der Waals surface area contributed by atoms with E-state index in [1.807, 2.05) is 30.3 Å². The third kappa shape index (κ3) is 4.99. The zero-order chi connectivity index (χ0) is 17.4. The molecule has 1 atom stereocenters. The number of rotatable bonds is 9. The second-order valence-electron chi connectivity index (χ2n) is 5.20. The number of hydrogen-bond acceptors (Lipinski definition) is 4. The van der Waals surface area contributed by atoms with E-state index in [4.69, 9.17) is 9.05 Å². The molecule has 0 aliphatic carbocycles. The first-order valence-corrected chi connectivity index (χ1v) is 9.61. The van der Waals surface area contributed by atoms with Crippen LogP contribution >= 0.6 is 7.60 Å². The van der Waals surface area contributed by atoms with E-state index in [0.717, 1.165) is 5.56 Å². The maximum absolute atomic E-state index is 13.2. The first-order chi connectivity index (χ1) is 11.6. The molecular formula is C18H23FNO3P. The summed E-state index contributed by atoms with van der Waals surface area (Å²) in [6.45, 7) is 4.56. The highest BCUT2D eigenvalue weighted by molar-refractivity contribution is 7.54. The van der Waals surface area contributed by atoms with Gasteiger partial charge in [-0.15, -0.1) is 0 Å². The monoisotopic (exact) mass is 351 g/mol. The van der Waals surface area contributed by atoms with Crippen LogP contribution in [0.25, 0.3) is 0 Å². The predicted octanol–water partition coefficient (Wildman–Crippen LogP) is 4.88.